The lowest BCUT2D eigenvalue weighted by Crippen LogP contribution is -2.32. The third kappa shape index (κ3) is 10.7. The SMILES string of the molecule is CCOC(=O)c1c(OC(F)(F)F)cccc1S(N)(=O)=O.COC(=O)c1ccccc1S(=O)(=O)NOC(F)(F)F. The Hall–Kier alpha value is -3.46. The van der Waals surface area contributed by atoms with Crippen molar-refractivity contribution < 1.29 is 71.8 Å². The molecule has 2 aromatic carbocycles. The van der Waals surface area contributed by atoms with E-state index in [2.05, 4.69) is 19.0 Å². The number of rotatable bonds is 8. The van der Waals surface area contributed by atoms with Crippen molar-refractivity contribution in [2.75, 3.05) is 13.7 Å². The van der Waals surface area contributed by atoms with E-state index in [4.69, 9.17) is 5.14 Å². The zero-order chi connectivity index (χ0) is 30.2. The molecule has 0 heterocycles. The van der Waals surface area contributed by atoms with E-state index >= 15 is 0 Å². The fourth-order valence-corrected chi connectivity index (χ4v) is 4.22. The quantitative estimate of drug-likeness (QED) is 0.256. The molecular formula is C19H18F6N2O10S2. The molecule has 0 aliphatic carbocycles. The fraction of sp³-hybridized carbons (Fsp3) is 0.263. The summed E-state index contributed by atoms with van der Waals surface area (Å²) in [6, 6.07) is 7.22. The lowest BCUT2D eigenvalue weighted by molar-refractivity contribution is -0.338. The topological polar surface area (TPSA) is 177 Å². The molecule has 2 aromatic rings. The van der Waals surface area contributed by atoms with Crippen LogP contribution in [0.5, 0.6) is 5.75 Å². The van der Waals surface area contributed by atoms with Gasteiger partial charge >= 0.3 is 24.7 Å². The Morgan fingerprint density at radius 3 is 1.92 bits per heavy atom. The van der Waals surface area contributed by atoms with Crippen LogP contribution in [-0.4, -0.2) is 55.2 Å². The number of sulfonamides is 2. The van der Waals surface area contributed by atoms with E-state index in [1.165, 1.54) is 19.1 Å². The average Bonchev–Trinajstić information content (AvgIpc) is 2.81. The number of benzene rings is 2. The third-order valence-electron chi connectivity index (χ3n) is 3.85. The molecule has 0 unspecified atom stereocenters. The van der Waals surface area contributed by atoms with Gasteiger partial charge in [0.2, 0.25) is 10.0 Å². The summed E-state index contributed by atoms with van der Waals surface area (Å²) in [6.07, 6.45) is -10.3. The molecule has 218 valence electrons. The number of carbonyl (C=O) groups is 2. The van der Waals surface area contributed by atoms with Gasteiger partial charge in [-0.05, 0) is 31.2 Å². The van der Waals surface area contributed by atoms with E-state index in [1.54, 1.807) is 0 Å². The van der Waals surface area contributed by atoms with Crippen molar-refractivity contribution in [3.63, 3.8) is 0 Å². The van der Waals surface area contributed by atoms with E-state index in [9.17, 15) is 52.8 Å². The highest BCUT2D eigenvalue weighted by molar-refractivity contribution is 7.89. The van der Waals surface area contributed by atoms with Crippen molar-refractivity contribution in [3.8, 4) is 5.75 Å². The Morgan fingerprint density at radius 1 is 0.872 bits per heavy atom. The monoisotopic (exact) mass is 612 g/mol. The lowest BCUT2D eigenvalue weighted by Gasteiger charge is -2.14. The van der Waals surface area contributed by atoms with Gasteiger partial charge in [-0.15, -0.1) is 26.3 Å². The molecule has 39 heavy (non-hydrogen) atoms. The summed E-state index contributed by atoms with van der Waals surface area (Å²) >= 11 is 0. The van der Waals surface area contributed by atoms with Gasteiger partial charge in [0.25, 0.3) is 10.0 Å². The summed E-state index contributed by atoms with van der Waals surface area (Å²) < 4.78 is 130. The minimum atomic E-state index is -5.19. The van der Waals surface area contributed by atoms with Gasteiger partial charge in [0.1, 0.15) is 16.2 Å². The van der Waals surface area contributed by atoms with Gasteiger partial charge in [0.05, 0.1) is 24.2 Å². The zero-order valence-corrected chi connectivity index (χ0v) is 21.1. The molecule has 0 aliphatic rings. The number of carbonyl (C=O) groups excluding carboxylic acids is 2. The highest BCUT2D eigenvalue weighted by Gasteiger charge is 2.36. The number of hydrogen-bond acceptors (Lipinski definition) is 10. The van der Waals surface area contributed by atoms with Gasteiger partial charge in [-0.25, -0.2) is 31.6 Å². The number of nitrogens with two attached hydrogens (primary N) is 1. The Kier molecular flexibility index (Phi) is 11.2. The maximum atomic E-state index is 12.2. The number of methoxy groups -OCH3 is 1. The molecule has 0 radical (unpaired) electrons. The minimum Gasteiger partial charge on any atom is -0.465 e. The molecule has 0 aromatic heterocycles. The number of hydrogen-bond donors (Lipinski definition) is 2. The second kappa shape index (κ2) is 13.1. The van der Waals surface area contributed by atoms with E-state index in [-0.39, 0.29) is 6.61 Å². The second-order valence-corrected chi connectivity index (χ2v) is 9.71. The van der Waals surface area contributed by atoms with Crippen LogP contribution >= 0.6 is 0 Å². The predicted molar refractivity (Wildman–Crippen MR) is 116 cm³/mol. The predicted octanol–water partition coefficient (Wildman–Crippen LogP) is 2.61. The van der Waals surface area contributed by atoms with E-state index in [0.717, 1.165) is 42.3 Å². The van der Waals surface area contributed by atoms with E-state index in [0.29, 0.717) is 0 Å². The van der Waals surface area contributed by atoms with E-state index < -0.39 is 71.4 Å². The Morgan fingerprint density at radius 2 is 1.44 bits per heavy atom. The first-order chi connectivity index (χ1) is 17.7. The van der Waals surface area contributed by atoms with Crippen molar-refractivity contribution in [3.05, 3.63) is 53.6 Å². The number of ether oxygens (including phenoxy) is 3. The van der Waals surface area contributed by atoms with Crippen molar-refractivity contribution >= 4 is 32.0 Å². The fourth-order valence-electron chi connectivity index (χ4n) is 2.49. The Labute approximate surface area is 216 Å². The summed E-state index contributed by atoms with van der Waals surface area (Å²) in [5.74, 6) is -3.29. The number of alkyl halides is 6. The van der Waals surface area contributed by atoms with Gasteiger partial charge in [0, 0.05) is 0 Å². The Bertz CT molecular complexity index is 1390. The first-order valence-corrected chi connectivity index (χ1v) is 12.8. The van der Waals surface area contributed by atoms with E-state index in [1.807, 2.05) is 0 Å². The third-order valence-corrected chi connectivity index (χ3v) is 6.04. The highest BCUT2D eigenvalue weighted by atomic mass is 32.2. The minimum absolute atomic E-state index is 0.163. The van der Waals surface area contributed by atoms with Gasteiger partial charge in [-0.1, -0.05) is 23.1 Å². The molecule has 3 N–H and O–H groups in total. The number of esters is 2. The van der Waals surface area contributed by atoms with Crippen LogP contribution in [0.25, 0.3) is 0 Å². The molecule has 0 amide bonds. The molecule has 0 fully saturated rings. The van der Waals surface area contributed by atoms with Crippen molar-refractivity contribution in [2.45, 2.75) is 29.4 Å². The molecule has 0 spiro atoms. The molecule has 0 saturated heterocycles. The first kappa shape index (κ1) is 33.6. The van der Waals surface area contributed by atoms with Crippen LogP contribution in [-0.2, 0) is 34.4 Å². The van der Waals surface area contributed by atoms with Crippen molar-refractivity contribution in [1.29, 1.82) is 0 Å². The van der Waals surface area contributed by atoms with Crippen LogP contribution in [0.3, 0.4) is 0 Å². The normalized spacial score (nSPS) is 12.1. The van der Waals surface area contributed by atoms with Crippen molar-refractivity contribution in [2.24, 2.45) is 5.14 Å². The molecule has 0 aliphatic heterocycles. The number of primary sulfonamides is 1. The summed E-state index contributed by atoms with van der Waals surface area (Å²) in [5.41, 5.74) is -1.31. The van der Waals surface area contributed by atoms with Crippen molar-refractivity contribution in [1.82, 2.24) is 4.89 Å². The van der Waals surface area contributed by atoms with Crippen LogP contribution in [0.1, 0.15) is 27.6 Å². The molecule has 2 rings (SSSR count). The molecule has 20 heteroatoms. The molecular weight excluding hydrogens is 594 g/mol. The largest absolute Gasteiger partial charge is 0.573 e. The molecule has 0 saturated carbocycles. The maximum Gasteiger partial charge on any atom is 0.573 e. The van der Waals surface area contributed by atoms with Crippen LogP contribution in [0.15, 0.2) is 52.3 Å². The smallest absolute Gasteiger partial charge is 0.465 e. The maximum absolute atomic E-state index is 12.2. The number of halogens is 6. The number of nitrogens with one attached hydrogen (secondary N) is 1. The van der Waals surface area contributed by atoms with Gasteiger partial charge in [-0.3, -0.25) is 0 Å². The van der Waals surface area contributed by atoms with Crippen LogP contribution in [0, 0.1) is 0 Å². The zero-order valence-electron chi connectivity index (χ0n) is 19.5. The summed E-state index contributed by atoms with van der Waals surface area (Å²) in [7, 11) is -8.09. The van der Waals surface area contributed by atoms with Crippen LogP contribution < -0.4 is 14.8 Å². The second-order valence-electron chi connectivity index (χ2n) is 6.56. The van der Waals surface area contributed by atoms with Crippen LogP contribution in [0.2, 0.25) is 0 Å². The highest BCUT2D eigenvalue weighted by Crippen LogP contribution is 2.31. The Balaban J connectivity index is 0.000000391. The average molecular weight is 612 g/mol. The summed E-state index contributed by atoms with van der Waals surface area (Å²) in [5, 5.41) is 4.85. The standard InChI is InChI=1S/C10H10F3NO5S.C9H8F3NO5S/c1-2-18-9(15)8-6(19-10(11,12)13)4-3-5-7(8)20(14,16)17;1-17-8(14)6-4-2-3-5-7(6)19(15,16)13-18-9(10,11)12/h3-5H,2H2,1H3,(H2,14,16,17);2-5,13H,1H3. The molecule has 0 bridgehead atoms. The van der Waals surface area contributed by atoms with Crippen LogP contribution in [0.4, 0.5) is 26.3 Å². The first-order valence-electron chi connectivity index (χ1n) is 9.76. The van der Waals surface area contributed by atoms with Gasteiger partial charge < -0.3 is 14.2 Å². The van der Waals surface area contributed by atoms with Gasteiger partial charge in [0.15, 0.2) is 0 Å². The van der Waals surface area contributed by atoms with Gasteiger partial charge in [-0.2, -0.15) is 4.84 Å². The summed E-state index contributed by atoms with van der Waals surface area (Å²) in [4.78, 5) is 25.3. The molecule has 12 nitrogen and oxygen atoms in total. The summed E-state index contributed by atoms with van der Waals surface area (Å²) in [6.45, 7) is 1.24. The molecule has 0 atom stereocenters. The lowest BCUT2D eigenvalue weighted by atomic mass is 10.2.